The third-order valence-corrected chi connectivity index (χ3v) is 7.22. The van der Waals surface area contributed by atoms with Crippen LogP contribution in [0, 0.1) is 0 Å². The number of hydrogen-bond acceptors (Lipinski definition) is 5. The van der Waals surface area contributed by atoms with Crippen molar-refractivity contribution in [2.75, 3.05) is 33.3 Å². The van der Waals surface area contributed by atoms with Crippen molar-refractivity contribution in [2.45, 2.75) is 6.04 Å². The molecule has 39 heavy (non-hydrogen) atoms. The molecule has 196 valence electrons. The largest absolute Gasteiger partial charge is 0.497 e. The Morgan fingerprint density at radius 1 is 0.821 bits per heavy atom. The van der Waals surface area contributed by atoms with Gasteiger partial charge in [0.05, 0.1) is 25.1 Å². The lowest BCUT2D eigenvalue weighted by Crippen LogP contribution is -2.50. The van der Waals surface area contributed by atoms with E-state index in [1.807, 2.05) is 59.5 Å². The van der Waals surface area contributed by atoms with Crippen LogP contribution in [0.15, 0.2) is 114 Å². The highest BCUT2D eigenvalue weighted by atomic mass is 16.5. The van der Waals surface area contributed by atoms with Crippen molar-refractivity contribution in [1.29, 1.82) is 0 Å². The molecule has 7 nitrogen and oxygen atoms in total. The molecule has 1 amide bonds. The molecule has 0 radical (unpaired) electrons. The van der Waals surface area contributed by atoms with E-state index in [1.54, 1.807) is 18.1 Å². The van der Waals surface area contributed by atoms with Crippen LogP contribution >= 0.6 is 0 Å². The number of ether oxygens (including phenoxy) is 1. The Morgan fingerprint density at radius 2 is 1.46 bits per heavy atom. The fourth-order valence-electron chi connectivity index (χ4n) is 5.23. The lowest BCUT2D eigenvalue weighted by Gasteiger charge is -2.39. The molecule has 0 bridgehead atoms. The highest BCUT2D eigenvalue weighted by Gasteiger charge is 2.30. The highest BCUT2D eigenvalue weighted by Crippen LogP contribution is 2.30. The van der Waals surface area contributed by atoms with Gasteiger partial charge in [0.1, 0.15) is 17.1 Å². The van der Waals surface area contributed by atoms with E-state index >= 15 is 0 Å². The minimum absolute atomic E-state index is 0.0493. The third kappa shape index (κ3) is 5.09. The quantitative estimate of drug-likeness (QED) is 0.277. The number of piperazine rings is 1. The normalized spacial score (nSPS) is 14.1. The lowest BCUT2D eigenvalue weighted by molar-refractivity contribution is 0.0589. The summed E-state index contributed by atoms with van der Waals surface area (Å²) in [5, 5.41) is 4.74. The maximum absolute atomic E-state index is 13.9. The zero-order valence-electron chi connectivity index (χ0n) is 21.8. The van der Waals surface area contributed by atoms with Gasteiger partial charge in [-0.2, -0.15) is 5.10 Å². The summed E-state index contributed by atoms with van der Waals surface area (Å²) >= 11 is 0. The van der Waals surface area contributed by atoms with E-state index in [4.69, 9.17) is 14.3 Å². The standard InChI is InChI=1S/C32H30N4O3/c1-38-27-16-14-26(15-17-27)36-29(23-28(33-36)30-13-8-22-39-30)32(37)35-20-18-34(19-21-35)31(24-9-4-2-5-10-24)25-11-6-3-7-12-25/h2-17,22-23,31H,18-21H2,1H3. The molecule has 1 aliphatic rings. The molecule has 7 heteroatoms. The number of furan rings is 1. The SMILES string of the molecule is COc1ccc(-n2nc(-c3ccco3)cc2C(=O)N2CCN(C(c3ccccc3)c3ccccc3)CC2)cc1. The number of methoxy groups -OCH3 is 1. The average molecular weight is 519 g/mol. The number of aromatic nitrogens is 2. The first kappa shape index (κ1) is 24.7. The van der Waals surface area contributed by atoms with Gasteiger partial charge in [0.15, 0.2) is 5.76 Å². The summed E-state index contributed by atoms with van der Waals surface area (Å²) in [5.41, 5.74) is 4.41. The Labute approximate surface area is 227 Å². The van der Waals surface area contributed by atoms with Crippen LogP contribution in [0.25, 0.3) is 17.1 Å². The fourth-order valence-corrected chi connectivity index (χ4v) is 5.23. The maximum atomic E-state index is 13.9. The van der Waals surface area contributed by atoms with Gasteiger partial charge in [-0.3, -0.25) is 9.69 Å². The van der Waals surface area contributed by atoms with Crippen LogP contribution in [0.5, 0.6) is 5.75 Å². The zero-order valence-corrected chi connectivity index (χ0v) is 21.8. The van der Waals surface area contributed by atoms with Gasteiger partial charge in [0, 0.05) is 32.2 Å². The molecule has 5 aromatic rings. The molecule has 1 saturated heterocycles. The molecule has 0 unspecified atom stereocenters. The first-order chi connectivity index (χ1) is 19.2. The smallest absolute Gasteiger partial charge is 0.272 e. The molecule has 1 fully saturated rings. The van der Waals surface area contributed by atoms with Gasteiger partial charge in [-0.1, -0.05) is 60.7 Å². The first-order valence-corrected chi connectivity index (χ1v) is 13.1. The Kier molecular flexibility index (Phi) is 6.97. The van der Waals surface area contributed by atoms with E-state index in [-0.39, 0.29) is 11.9 Å². The molecule has 0 spiro atoms. The summed E-state index contributed by atoms with van der Waals surface area (Å²) in [5.74, 6) is 1.31. The van der Waals surface area contributed by atoms with Gasteiger partial charge in [-0.15, -0.1) is 0 Å². The summed E-state index contributed by atoms with van der Waals surface area (Å²) in [4.78, 5) is 18.3. The van der Waals surface area contributed by atoms with Crippen LogP contribution < -0.4 is 4.74 Å². The van der Waals surface area contributed by atoms with Crippen molar-refractivity contribution in [1.82, 2.24) is 19.6 Å². The minimum atomic E-state index is -0.0493. The van der Waals surface area contributed by atoms with Gasteiger partial charge < -0.3 is 14.1 Å². The number of amides is 1. The Balaban J connectivity index is 1.26. The number of carbonyl (C=O) groups is 1. The Bertz CT molecular complexity index is 1470. The summed E-state index contributed by atoms with van der Waals surface area (Å²) in [6.07, 6.45) is 1.61. The lowest BCUT2D eigenvalue weighted by atomic mass is 9.96. The number of rotatable bonds is 7. The molecule has 6 rings (SSSR count). The number of benzene rings is 3. The van der Waals surface area contributed by atoms with Crippen LogP contribution in [0.3, 0.4) is 0 Å². The van der Waals surface area contributed by atoms with Crippen LogP contribution in [0.2, 0.25) is 0 Å². The van der Waals surface area contributed by atoms with E-state index in [0.29, 0.717) is 30.2 Å². The molecule has 0 saturated carbocycles. The van der Waals surface area contributed by atoms with Crippen molar-refractivity contribution >= 4 is 5.91 Å². The molecule has 3 heterocycles. The van der Waals surface area contributed by atoms with E-state index in [2.05, 4.69) is 53.4 Å². The highest BCUT2D eigenvalue weighted by molar-refractivity contribution is 5.94. The molecular formula is C32H30N4O3. The van der Waals surface area contributed by atoms with Crippen molar-refractivity contribution in [2.24, 2.45) is 0 Å². The molecule has 2 aromatic heterocycles. The van der Waals surface area contributed by atoms with Gasteiger partial charge >= 0.3 is 0 Å². The summed E-state index contributed by atoms with van der Waals surface area (Å²) in [6, 6.07) is 34.3. The van der Waals surface area contributed by atoms with Gasteiger partial charge in [-0.25, -0.2) is 4.68 Å². The minimum Gasteiger partial charge on any atom is -0.497 e. The molecule has 0 N–H and O–H groups in total. The second-order valence-corrected chi connectivity index (χ2v) is 9.55. The van der Waals surface area contributed by atoms with Crippen molar-refractivity contribution in [3.8, 4) is 22.9 Å². The van der Waals surface area contributed by atoms with Crippen LogP contribution in [-0.2, 0) is 0 Å². The molecule has 1 aliphatic heterocycles. The van der Waals surface area contributed by atoms with Crippen molar-refractivity contribution < 1.29 is 13.9 Å². The van der Waals surface area contributed by atoms with Crippen LogP contribution in [0.1, 0.15) is 27.7 Å². The Morgan fingerprint density at radius 3 is 2.03 bits per heavy atom. The summed E-state index contributed by atoms with van der Waals surface area (Å²) < 4.78 is 12.6. The number of hydrogen-bond donors (Lipinski definition) is 0. The van der Waals surface area contributed by atoms with E-state index < -0.39 is 0 Å². The monoisotopic (exact) mass is 518 g/mol. The molecule has 3 aromatic carbocycles. The van der Waals surface area contributed by atoms with E-state index in [9.17, 15) is 4.79 Å². The summed E-state index contributed by atoms with van der Waals surface area (Å²) in [7, 11) is 1.63. The van der Waals surface area contributed by atoms with E-state index in [0.717, 1.165) is 24.5 Å². The van der Waals surface area contributed by atoms with Gasteiger partial charge in [0.2, 0.25) is 0 Å². The van der Waals surface area contributed by atoms with Crippen molar-refractivity contribution in [3.63, 3.8) is 0 Å². The molecule has 0 atom stereocenters. The average Bonchev–Trinajstić information content (AvgIpc) is 3.70. The van der Waals surface area contributed by atoms with Crippen LogP contribution in [-0.4, -0.2) is 58.8 Å². The number of nitrogens with zero attached hydrogens (tertiary/aromatic N) is 4. The predicted octanol–water partition coefficient (Wildman–Crippen LogP) is 5.69. The maximum Gasteiger partial charge on any atom is 0.272 e. The molecule has 0 aliphatic carbocycles. The van der Waals surface area contributed by atoms with Gasteiger partial charge in [-0.05, 0) is 47.5 Å². The van der Waals surface area contributed by atoms with Crippen LogP contribution in [0.4, 0.5) is 0 Å². The topological polar surface area (TPSA) is 63.7 Å². The fraction of sp³-hybridized carbons (Fsp3) is 0.188. The predicted molar refractivity (Wildman–Crippen MR) is 150 cm³/mol. The van der Waals surface area contributed by atoms with Crippen molar-refractivity contribution in [3.05, 3.63) is 126 Å². The second-order valence-electron chi connectivity index (χ2n) is 9.55. The summed E-state index contributed by atoms with van der Waals surface area (Å²) in [6.45, 7) is 2.78. The first-order valence-electron chi connectivity index (χ1n) is 13.1. The van der Waals surface area contributed by atoms with E-state index in [1.165, 1.54) is 11.1 Å². The zero-order chi connectivity index (χ0) is 26.6. The molecular weight excluding hydrogens is 488 g/mol. The Hall–Kier alpha value is -4.62. The third-order valence-electron chi connectivity index (χ3n) is 7.22. The number of carbonyl (C=O) groups excluding carboxylic acids is 1. The van der Waals surface area contributed by atoms with Gasteiger partial charge in [0.25, 0.3) is 5.91 Å². The second kappa shape index (κ2) is 11.0.